The van der Waals surface area contributed by atoms with Gasteiger partial charge in [0.1, 0.15) is 18.3 Å². The van der Waals surface area contributed by atoms with Crippen molar-refractivity contribution in [1.29, 1.82) is 0 Å². The van der Waals surface area contributed by atoms with E-state index in [1.165, 1.54) is 43.5 Å². The van der Waals surface area contributed by atoms with Gasteiger partial charge in [-0.15, -0.1) is 11.3 Å². The van der Waals surface area contributed by atoms with Crippen LogP contribution < -0.4 is 16.8 Å². The molecule has 0 bridgehead atoms. The van der Waals surface area contributed by atoms with Gasteiger partial charge in [0.25, 0.3) is 17.5 Å². The fourth-order valence-corrected chi connectivity index (χ4v) is 4.59. The number of hydrogen-bond donors (Lipinski definition) is 4. The van der Waals surface area contributed by atoms with Crippen LogP contribution >= 0.6 is 11.3 Å². The SMILES string of the molecule is CC(C)(O/N=C(\C(=O)N[C@H]1C(=O)N(S(=O)(=O)O)[C@H]1C(N)=O)c1csc(N)n1)C(=O)OCc1ccc([N+](=O)[O-])cc1. The van der Waals surface area contributed by atoms with Gasteiger partial charge in [-0.25, -0.2) is 9.78 Å². The number of hydrogen-bond acceptors (Lipinski definition) is 14. The van der Waals surface area contributed by atoms with Crippen LogP contribution in [-0.2, 0) is 45.7 Å². The molecule has 20 heteroatoms. The summed E-state index contributed by atoms with van der Waals surface area (Å²) in [5.74, 6) is -4.83. The first-order chi connectivity index (χ1) is 18.5. The highest BCUT2D eigenvalue weighted by Gasteiger charge is 2.57. The van der Waals surface area contributed by atoms with Gasteiger partial charge in [-0.2, -0.15) is 12.7 Å². The van der Waals surface area contributed by atoms with Crippen LogP contribution in [0, 0.1) is 10.1 Å². The number of primary amides is 1. The number of nitro benzene ring substituents is 1. The molecule has 0 aliphatic carbocycles. The van der Waals surface area contributed by atoms with Crippen molar-refractivity contribution in [3.63, 3.8) is 0 Å². The molecule has 2 aromatic rings. The van der Waals surface area contributed by atoms with Crippen molar-refractivity contribution in [3.05, 3.63) is 51.0 Å². The van der Waals surface area contributed by atoms with Crippen LogP contribution in [0.5, 0.6) is 0 Å². The molecule has 1 fully saturated rings. The summed E-state index contributed by atoms with van der Waals surface area (Å²) >= 11 is 0.902. The molecule has 0 spiro atoms. The summed E-state index contributed by atoms with van der Waals surface area (Å²) in [5, 5.41) is 17.8. The molecule has 3 amide bonds. The van der Waals surface area contributed by atoms with E-state index in [4.69, 9.17) is 25.6 Å². The number of thiazole rings is 1. The Labute approximate surface area is 228 Å². The number of benzene rings is 1. The number of ether oxygens (including phenoxy) is 1. The standard InChI is InChI=1S/C20H21N7O11S2/c1-20(2,18(31)37-7-9-3-5-10(6-4-9)27(32)33)38-25-12(11-8-39-19(22)23-11)16(29)24-13-14(15(21)28)26(17(13)30)40(34,35)36/h3-6,8,13-14H,7H2,1-2H3,(H2,21,28)(H2,22,23)(H,24,29)(H,34,35,36)/b25-12-/t13-,14-/m1/s1. The van der Waals surface area contributed by atoms with Gasteiger partial charge in [0.2, 0.25) is 11.5 Å². The van der Waals surface area contributed by atoms with Crippen LogP contribution in [0.15, 0.2) is 34.8 Å². The van der Waals surface area contributed by atoms with Crippen molar-refractivity contribution in [2.24, 2.45) is 10.9 Å². The molecule has 214 valence electrons. The number of nitrogens with one attached hydrogen (secondary N) is 1. The number of aromatic nitrogens is 1. The molecule has 0 unspecified atom stereocenters. The van der Waals surface area contributed by atoms with Crippen LogP contribution in [-0.4, -0.2) is 74.3 Å². The molecule has 1 aromatic heterocycles. The largest absolute Gasteiger partial charge is 0.458 e. The van der Waals surface area contributed by atoms with E-state index in [2.05, 4.69) is 15.5 Å². The highest BCUT2D eigenvalue weighted by molar-refractivity contribution is 7.84. The van der Waals surface area contributed by atoms with E-state index in [1.54, 1.807) is 0 Å². The van der Waals surface area contributed by atoms with Crippen molar-refractivity contribution < 1.29 is 46.6 Å². The van der Waals surface area contributed by atoms with Gasteiger partial charge in [-0.1, -0.05) is 5.16 Å². The average Bonchev–Trinajstić information content (AvgIpc) is 3.28. The molecule has 1 aromatic carbocycles. The van der Waals surface area contributed by atoms with Crippen LogP contribution in [0.25, 0.3) is 0 Å². The van der Waals surface area contributed by atoms with Gasteiger partial charge in [0, 0.05) is 17.5 Å². The number of nitro groups is 1. The summed E-state index contributed by atoms with van der Waals surface area (Å²) in [5.41, 5.74) is 8.42. The molecular formula is C20H21N7O11S2. The maximum absolute atomic E-state index is 13.0. The van der Waals surface area contributed by atoms with E-state index < -0.39 is 62.3 Å². The Kier molecular flexibility index (Phi) is 8.36. The Hall–Kier alpha value is -4.69. The van der Waals surface area contributed by atoms with Gasteiger partial charge in [0.15, 0.2) is 16.9 Å². The second-order valence-electron chi connectivity index (χ2n) is 8.52. The van der Waals surface area contributed by atoms with E-state index in [0.29, 0.717) is 5.56 Å². The molecule has 6 N–H and O–H groups in total. The van der Waals surface area contributed by atoms with E-state index in [1.807, 2.05) is 0 Å². The lowest BCUT2D eigenvalue weighted by Crippen LogP contribution is -2.75. The second kappa shape index (κ2) is 11.2. The van der Waals surface area contributed by atoms with Gasteiger partial charge in [-0.05, 0) is 31.5 Å². The summed E-state index contributed by atoms with van der Waals surface area (Å²) in [6.45, 7) is 2.23. The van der Waals surface area contributed by atoms with Crippen molar-refractivity contribution in [1.82, 2.24) is 14.6 Å². The van der Waals surface area contributed by atoms with Crippen LogP contribution in [0.2, 0.25) is 0 Å². The molecule has 1 aliphatic heterocycles. The molecule has 3 rings (SSSR count). The predicted octanol–water partition coefficient (Wildman–Crippen LogP) is -1.14. The zero-order chi connectivity index (χ0) is 30.0. The summed E-state index contributed by atoms with van der Waals surface area (Å²) in [6.07, 6.45) is 0. The summed E-state index contributed by atoms with van der Waals surface area (Å²) in [4.78, 5) is 68.9. The predicted molar refractivity (Wildman–Crippen MR) is 134 cm³/mol. The number of anilines is 1. The fourth-order valence-electron chi connectivity index (χ4n) is 3.18. The Morgan fingerprint density at radius 3 is 2.42 bits per heavy atom. The number of carbonyl (C=O) groups excluding carboxylic acids is 4. The number of non-ortho nitro benzene ring substituents is 1. The maximum Gasteiger partial charge on any atom is 0.363 e. The van der Waals surface area contributed by atoms with E-state index in [-0.39, 0.29) is 27.4 Å². The Morgan fingerprint density at radius 1 is 1.30 bits per heavy atom. The minimum Gasteiger partial charge on any atom is -0.458 e. The third-order valence-corrected chi connectivity index (χ3v) is 6.81. The first-order valence-corrected chi connectivity index (χ1v) is 13.1. The van der Waals surface area contributed by atoms with Gasteiger partial charge >= 0.3 is 16.3 Å². The average molecular weight is 600 g/mol. The quantitative estimate of drug-likeness (QED) is 0.0594. The topological polar surface area (TPSA) is 277 Å². The van der Waals surface area contributed by atoms with Crippen molar-refractivity contribution in [2.45, 2.75) is 38.1 Å². The monoisotopic (exact) mass is 599 g/mol. The lowest BCUT2D eigenvalue weighted by Gasteiger charge is -2.41. The minimum absolute atomic E-state index is 0.00421. The van der Waals surface area contributed by atoms with Gasteiger partial charge in [-0.3, -0.25) is 29.1 Å². The minimum atomic E-state index is -5.15. The first-order valence-electron chi connectivity index (χ1n) is 10.8. The zero-order valence-corrected chi connectivity index (χ0v) is 22.2. The molecule has 18 nitrogen and oxygen atoms in total. The molecule has 1 saturated heterocycles. The molecule has 2 heterocycles. The molecule has 0 saturated carbocycles. The number of nitrogen functional groups attached to an aromatic ring is 1. The number of nitrogens with zero attached hydrogens (tertiary/aromatic N) is 4. The van der Waals surface area contributed by atoms with Gasteiger partial charge in [0.05, 0.1) is 4.92 Å². The third-order valence-electron chi connectivity index (χ3n) is 5.23. The van der Waals surface area contributed by atoms with E-state index in [9.17, 15) is 37.7 Å². The number of rotatable bonds is 11. The lowest BCUT2D eigenvalue weighted by atomic mass is 9.98. The fraction of sp³-hybridized carbons (Fsp3) is 0.300. The van der Waals surface area contributed by atoms with Gasteiger partial charge < -0.3 is 26.4 Å². The summed E-state index contributed by atoms with van der Waals surface area (Å²) in [7, 11) is -5.15. The molecule has 2 atom stereocenters. The summed E-state index contributed by atoms with van der Waals surface area (Å²) in [6, 6.07) is 1.51. The highest BCUT2D eigenvalue weighted by atomic mass is 32.2. The Bertz CT molecular complexity index is 1500. The smallest absolute Gasteiger partial charge is 0.363 e. The lowest BCUT2D eigenvalue weighted by molar-refractivity contribution is -0.384. The van der Waals surface area contributed by atoms with Crippen molar-refractivity contribution >= 4 is 61.9 Å². The number of β-lactam (4-membered cyclic amide) rings is 1. The van der Waals surface area contributed by atoms with Crippen LogP contribution in [0.3, 0.4) is 0 Å². The number of amides is 3. The molecular weight excluding hydrogens is 578 g/mol. The molecule has 40 heavy (non-hydrogen) atoms. The number of carbonyl (C=O) groups is 4. The Morgan fingerprint density at radius 2 is 1.93 bits per heavy atom. The molecule has 1 aliphatic rings. The van der Waals surface area contributed by atoms with Crippen LogP contribution in [0.4, 0.5) is 10.8 Å². The van der Waals surface area contributed by atoms with Crippen molar-refractivity contribution in [3.8, 4) is 0 Å². The zero-order valence-electron chi connectivity index (χ0n) is 20.5. The Balaban J connectivity index is 1.77. The number of nitrogens with two attached hydrogens (primary N) is 2. The molecule has 0 radical (unpaired) electrons. The number of oxime groups is 1. The first kappa shape index (κ1) is 29.9. The summed E-state index contributed by atoms with van der Waals surface area (Å²) < 4.78 is 36.9. The second-order valence-corrected chi connectivity index (χ2v) is 10.7. The third kappa shape index (κ3) is 6.47. The number of esters is 1. The van der Waals surface area contributed by atoms with E-state index >= 15 is 0 Å². The maximum atomic E-state index is 13.0. The highest BCUT2D eigenvalue weighted by Crippen LogP contribution is 2.24. The van der Waals surface area contributed by atoms with Crippen molar-refractivity contribution in [2.75, 3.05) is 5.73 Å². The van der Waals surface area contributed by atoms with Crippen LogP contribution in [0.1, 0.15) is 25.1 Å². The normalized spacial score (nSPS) is 17.5. The van der Waals surface area contributed by atoms with E-state index in [0.717, 1.165) is 11.3 Å².